The van der Waals surface area contributed by atoms with Crippen molar-refractivity contribution in [3.05, 3.63) is 29.6 Å². The third-order valence-electron chi connectivity index (χ3n) is 3.17. The van der Waals surface area contributed by atoms with Gasteiger partial charge in [0, 0.05) is 25.6 Å². The predicted octanol–water partition coefficient (Wildman–Crippen LogP) is 2.46. The van der Waals surface area contributed by atoms with E-state index in [4.69, 9.17) is 4.74 Å². The molecule has 0 aromatic carbocycles. The second-order valence-corrected chi connectivity index (χ2v) is 4.74. The number of carbonyl (C=O) groups is 1. The van der Waals surface area contributed by atoms with Gasteiger partial charge in [0.15, 0.2) is 0 Å². The van der Waals surface area contributed by atoms with Crippen LogP contribution in [0.3, 0.4) is 0 Å². The summed E-state index contributed by atoms with van der Waals surface area (Å²) >= 11 is 0. The number of alkyl halides is 3. The Morgan fingerprint density at radius 3 is 2.75 bits per heavy atom. The normalized spacial score (nSPS) is 23.4. The van der Waals surface area contributed by atoms with Crippen LogP contribution in [0, 0.1) is 0 Å². The molecule has 2 heterocycles. The Balaban J connectivity index is 2.05. The predicted molar refractivity (Wildman–Crippen MR) is 64.8 cm³/mol. The Morgan fingerprint density at radius 2 is 2.20 bits per heavy atom. The number of halogens is 3. The largest absolute Gasteiger partial charge is 0.462 e. The fraction of sp³-hybridized carbons (Fsp3) is 0.538. The van der Waals surface area contributed by atoms with Crippen molar-refractivity contribution in [3.63, 3.8) is 0 Å². The van der Waals surface area contributed by atoms with Crippen LogP contribution in [0.4, 0.5) is 13.2 Å². The van der Waals surface area contributed by atoms with Crippen molar-refractivity contribution in [2.75, 3.05) is 6.54 Å². The zero-order valence-corrected chi connectivity index (χ0v) is 10.9. The standard InChI is InChI=1S/C13H15F3N2O2/c1-8(19)20-10-4-5-17-11(6-10)9-2-3-12(18-7-9)13(14,15)16/h2-3,7,10-11,17H,4-6H2,1H3. The highest BCUT2D eigenvalue weighted by Crippen LogP contribution is 2.29. The zero-order valence-electron chi connectivity index (χ0n) is 10.9. The molecule has 0 aliphatic carbocycles. The first-order valence-corrected chi connectivity index (χ1v) is 6.30. The lowest BCUT2D eigenvalue weighted by molar-refractivity contribution is -0.148. The summed E-state index contributed by atoms with van der Waals surface area (Å²) < 4.78 is 42.4. The Labute approximate surface area is 114 Å². The van der Waals surface area contributed by atoms with E-state index in [0.717, 1.165) is 6.07 Å². The molecular weight excluding hydrogens is 273 g/mol. The van der Waals surface area contributed by atoms with E-state index >= 15 is 0 Å². The summed E-state index contributed by atoms with van der Waals surface area (Å²) in [4.78, 5) is 14.4. The molecule has 1 fully saturated rings. The minimum absolute atomic E-state index is 0.150. The monoisotopic (exact) mass is 288 g/mol. The topological polar surface area (TPSA) is 51.2 Å². The average Bonchev–Trinajstić information content (AvgIpc) is 2.37. The van der Waals surface area contributed by atoms with E-state index in [2.05, 4.69) is 10.3 Å². The number of carbonyl (C=O) groups excluding carboxylic acids is 1. The number of ether oxygens (including phenoxy) is 1. The van der Waals surface area contributed by atoms with Gasteiger partial charge in [0.1, 0.15) is 11.8 Å². The molecule has 1 N–H and O–H groups in total. The molecule has 1 aliphatic heterocycles. The van der Waals surface area contributed by atoms with Gasteiger partial charge in [-0.15, -0.1) is 0 Å². The first-order chi connectivity index (χ1) is 9.36. The lowest BCUT2D eigenvalue weighted by Gasteiger charge is -2.30. The summed E-state index contributed by atoms with van der Waals surface area (Å²) in [7, 11) is 0. The lowest BCUT2D eigenvalue weighted by atomic mass is 9.96. The second-order valence-electron chi connectivity index (χ2n) is 4.74. The molecule has 0 bridgehead atoms. The number of piperidine rings is 1. The van der Waals surface area contributed by atoms with Crippen LogP contribution in [0.15, 0.2) is 18.3 Å². The molecule has 20 heavy (non-hydrogen) atoms. The van der Waals surface area contributed by atoms with Gasteiger partial charge < -0.3 is 10.1 Å². The van der Waals surface area contributed by atoms with Crippen molar-refractivity contribution in [2.24, 2.45) is 0 Å². The van der Waals surface area contributed by atoms with Crippen LogP contribution in [0.5, 0.6) is 0 Å². The molecule has 2 unspecified atom stereocenters. The van der Waals surface area contributed by atoms with Crippen LogP contribution in [-0.4, -0.2) is 23.6 Å². The summed E-state index contributed by atoms with van der Waals surface area (Å²) in [6.45, 7) is 1.99. The molecule has 1 saturated heterocycles. The van der Waals surface area contributed by atoms with Crippen molar-refractivity contribution in [1.82, 2.24) is 10.3 Å². The zero-order chi connectivity index (χ0) is 14.8. The van der Waals surface area contributed by atoms with Gasteiger partial charge in [-0.05, 0) is 24.6 Å². The van der Waals surface area contributed by atoms with Crippen molar-refractivity contribution >= 4 is 5.97 Å². The molecule has 0 radical (unpaired) electrons. The molecule has 7 heteroatoms. The van der Waals surface area contributed by atoms with Crippen molar-refractivity contribution in [2.45, 2.75) is 38.1 Å². The number of hydrogen-bond donors (Lipinski definition) is 1. The molecule has 4 nitrogen and oxygen atoms in total. The highest BCUT2D eigenvalue weighted by molar-refractivity contribution is 5.66. The number of rotatable bonds is 2. The van der Waals surface area contributed by atoms with Crippen LogP contribution >= 0.6 is 0 Å². The van der Waals surface area contributed by atoms with Gasteiger partial charge in [-0.3, -0.25) is 9.78 Å². The summed E-state index contributed by atoms with van der Waals surface area (Å²) in [6.07, 6.45) is -2.19. The maximum atomic E-state index is 12.4. The third-order valence-corrected chi connectivity index (χ3v) is 3.17. The van der Waals surface area contributed by atoms with E-state index in [0.29, 0.717) is 24.9 Å². The van der Waals surface area contributed by atoms with Crippen molar-refractivity contribution < 1.29 is 22.7 Å². The molecule has 2 rings (SSSR count). The van der Waals surface area contributed by atoms with Crippen LogP contribution in [-0.2, 0) is 15.7 Å². The number of nitrogens with one attached hydrogen (secondary N) is 1. The minimum Gasteiger partial charge on any atom is -0.462 e. The smallest absolute Gasteiger partial charge is 0.433 e. The summed E-state index contributed by atoms with van der Waals surface area (Å²) in [6, 6.07) is 2.22. The van der Waals surface area contributed by atoms with Crippen LogP contribution < -0.4 is 5.32 Å². The average molecular weight is 288 g/mol. The van der Waals surface area contributed by atoms with Gasteiger partial charge in [0.2, 0.25) is 0 Å². The summed E-state index contributed by atoms with van der Waals surface area (Å²) in [5, 5.41) is 3.18. The summed E-state index contributed by atoms with van der Waals surface area (Å²) in [5.41, 5.74) is -0.247. The van der Waals surface area contributed by atoms with E-state index in [9.17, 15) is 18.0 Å². The first-order valence-electron chi connectivity index (χ1n) is 6.30. The van der Waals surface area contributed by atoms with Crippen LogP contribution in [0.2, 0.25) is 0 Å². The van der Waals surface area contributed by atoms with Crippen molar-refractivity contribution in [1.29, 1.82) is 0 Å². The number of aromatic nitrogens is 1. The second kappa shape index (κ2) is 5.78. The van der Waals surface area contributed by atoms with Gasteiger partial charge in [-0.25, -0.2) is 0 Å². The molecule has 0 amide bonds. The first kappa shape index (κ1) is 14.8. The molecular formula is C13H15F3N2O2. The third kappa shape index (κ3) is 3.69. The molecule has 2 atom stereocenters. The number of nitrogens with zero attached hydrogens (tertiary/aromatic N) is 1. The SMILES string of the molecule is CC(=O)OC1CCNC(c2ccc(C(F)(F)F)nc2)C1. The van der Waals surface area contributed by atoms with E-state index in [-0.39, 0.29) is 18.1 Å². The highest BCUT2D eigenvalue weighted by atomic mass is 19.4. The fourth-order valence-corrected chi connectivity index (χ4v) is 2.26. The Morgan fingerprint density at radius 1 is 1.45 bits per heavy atom. The van der Waals surface area contributed by atoms with Crippen LogP contribution in [0.1, 0.15) is 37.1 Å². The van der Waals surface area contributed by atoms with E-state index in [1.54, 1.807) is 0 Å². The molecule has 1 aromatic heterocycles. The Hall–Kier alpha value is -1.63. The molecule has 110 valence electrons. The molecule has 0 spiro atoms. The van der Waals surface area contributed by atoms with Gasteiger partial charge in [-0.2, -0.15) is 13.2 Å². The molecule has 1 aliphatic rings. The number of esters is 1. The fourth-order valence-electron chi connectivity index (χ4n) is 2.26. The van der Waals surface area contributed by atoms with Gasteiger partial charge in [0.25, 0.3) is 0 Å². The van der Waals surface area contributed by atoms with E-state index in [1.807, 2.05) is 0 Å². The number of pyridine rings is 1. The Bertz CT molecular complexity index is 473. The van der Waals surface area contributed by atoms with E-state index in [1.165, 1.54) is 19.2 Å². The molecule has 1 aromatic rings. The lowest BCUT2D eigenvalue weighted by Crippen LogP contribution is -2.36. The maximum absolute atomic E-state index is 12.4. The van der Waals surface area contributed by atoms with Gasteiger partial charge in [0.05, 0.1) is 0 Å². The van der Waals surface area contributed by atoms with Crippen molar-refractivity contribution in [3.8, 4) is 0 Å². The molecule has 0 saturated carbocycles. The highest BCUT2D eigenvalue weighted by Gasteiger charge is 2.32. The quantitative estimate of drug-likeness (QED) is 0.849. The van der Waals surface area contributed by atoms with Crippen LogP contribution in [0.25, 0.3) is 0 Å². The van der Waals surface area contributed by atoms with Gasteiger partial charge >= 0.3 is 12.1 Å². The van der Waals surface area contributed by atoms with Gasteiger partial charge in [-0.1, -0.05) is 6.07 Å². The number of hydrogen-bond acceptors (Lipinski definition) is 4. The summed E-state index contributed by atoms with van der Waals surface area (Å²) in [5.74, 6) is -0.346. The van der Waals surface area contributed by atoms with E-state index < -0.39 is 11.9 Å². The maximum Gasteiger partial charge on any atom is 0.433 e. The Kier molecular flexibility index (Phi) is 4.27. The minimum atomic E-state index is -4.43.